The van der Waals surface area contributed by atoms with E-state index in [1.807, 2.05) is 0 Å². The molecule has 0 heterocycles. The van der Waals surface area contributed by atoms with Crippen molar-refractivity contribution in [1.29, 1.82) is 0 Å². The Labute approximate surface area is 80.5 Å². The van der Waals surface area contributed by atoms with Crippen LogP contribution in [0.3, 0.4) is 0 Å². The molecule has 0 saturated heterocycles. The Morgan fingerprint density at radius 3 is 2.69 bits per heavy atom. The minimum atomic E-state index is -0.448. The number of alkyl halides is 1. The van der Waals surface area contributed by atoms with Gasteiger partial charge in [0.2, 0.25) is 0 Å². The van der Waals surface area contributed by atoms with Gasteiger partial charge in [0.25, 0.3) is 5.69 Å². The SMILES string of the molecule is NCc1ccc(CCl)c([N+](=O)[O-])c1. The molecule has 0 bridgehead atoms. The number of halogens is 1. The standard InChI is InChI=1S/C8H9ClN2O2/c9-4-7-2-1-6(5-10)3-8(7)11(12)13/h1-3H,4-5,10H2. The van der Waals surface area contributed by atoms with Crippen LogP contribution in [0.5, 0.6) is 0 Å². The van der Waals surface area contributed by atoms with E-state index in [4.69, 9.17) is 17.3 Å². The Morgan fingerprint density at radius 1 is 1.54 bits per heavy atom. The molecule has 0 atom stereocenters. The molecule has 13 heavy (non-hydrogen) atoms. The monoisotopic (exact) mass is 200 g/mol. The van der Waals surface area contributed by atoms with Gasteiger partial charge in [-0.1, -0.05) is 12.1 Å². The Bertz CT molecular complexity index is 328. The van der Waals surface area contributed by atoms with Crippen molar-refractivity contribution in [3.05, 3.63) is 39.4 Å². The van der Waals surface area contributed by atoms with Crippen molar-refractivity contribution in [3.63, 3.8) is 0 Å². The molecule has 0 fully saturated rings. The first-order chi connectivity index (χ1) is 6.19. The van der Waals surface area contributed by atoms with Crippen LogP contribution >= 0.6 is 11.6 Å². The number of nitrogens with two attached hydrogens (primary N) is 1. The normalized spacial score (nSPS) is 10.0. The van der Waals surface area contributed by atoms with E-state index in [2.05, 4.69) is 0 Å². The van der Waals surface area contributed by atoms with Crippen molar-refractivity contribution in [2.45, 2.75) is 12.4 Å². The Balaban J connectivity index is 3.18. The number of nitro groups is 1. The van der Waals surface area contributed by atoms with Crippen molar-refractivity contribution in [2.24, 2.45) is 5.73 Å². The van der Waals surface area contributed by atoms with Gasteiger partial charge in [0.1, 0.15) is 0 Å². The lowest BCUT2D eigenvalue weighted by molar-refractivity contribution is -0.385. The third-order valence-corrected chi connectivity index (χ3v) is 2.01. The molecule has 1 aromatic rings. The van der Waals surface area contributed by atoms with Gasteiger partial charge in [-0.25, -0.2) is 0 Å². The molecule has 4 nitrogen and oxygen atoms in total. The van der Waals surface area contributed by atoms with Crippen molar-refractivity contribution in [2.75, 3.05) is 0 Å². The van der Waals surface area contributed by atoms with E-state index in [0.717, 1.165) is 5.56 Å². The minimum absolute atomic E-state index is 0.0398. The number of nitro benzene ring substituents is 1. The summed E-state index contributed by atoms with van der Waals surface area (Å²) in [6, 6.07) is 4.83. The molecule has 0 saturated carbocycles. The van der Waals surface area contributed by atoms with Crippen LogP contribution in [0.15, 0.2) is 18.2 Å². The van der Waals surface area contributed by atoms with Crippen molar-refractivity contribution < 1.29 is 4.92 Å². The van der Waals surface area contributed by atoms with Crippen LogP contribution in [0.2, 0.25) is 0 Å². The lowest BCUT2D eigenvalue weighted by Gasteiger charge is -2.00. The second-order valence-electron chi connectivity index (χ2n) is 2.56. The van der Waals surface area contributed by atoms with Crippen LogP contribution in [0.25, 0.3) is 0 Å². The topological polar surface area (TPSA) is 69.2 Å². The molecule has 0 aliphatic heterocycles. The number of benzene rings is 1. The molecule has 0 aliphatic rings. The molecule has 0 unspecified atom stereocenters. The van der Waals surface area contributed by atoms with E-state index in [0.29, 0.717) is 12.1 Å². The van der Waals surface area contributed by atoms with Crippen LogP contribution in [-0.2, 0) is 12.4 Å². The summed E-state index contributed by atoms with van der Waals surface area (Å²) in [6.45, 7) is 0.295. The third kappa shape index (κ3) is 2.17. The van der Waals surface area contributed by atoms with Crippen molar-refractivity contribution in [3.8, 4) is 0 Å². The van der Waals surface area contributed by atoms with Gasteiger partial charge in [0.15, 0.2) is 0 Å². The molecular formula is C8H9ClN2O2. The molecule has 0 aliphatic carbocycles. The second-order valence-corrected chi connectivity index (χ2v) is 2.83. The van der Waals surface area contributed by atoms with Gasteiger partial charge < -0.3 is 5.73 Å². The summed E-state index contributed by atoms with van der Waals surface area (Å²) in [4.78, 5) is 10.1. The molecule has 70 valence electrons. The lowest BCUT2D eigenvalue weighted by atomic mass is 10.1. The Hall–Kier alpha value is -1.13. The summed E-state index contributed by atoms with van der Waals surface area (Å²) in [5.41, 5.74) is 6.65. The van der Waals surface area contributed by atoms with Crippen LogP contribution in [0.4, 0.5) is 5.69 Å². The molecule has 0 aromatic heterocycles. The highest BCUT2D eigenvalue weighted by molar-refractivity contribution is 6.17. The van der Waals surface area contributed by atoms with Crippen LogP contribution < -0.4 is 5.73 Å². The van der Waals surface area contributed by atoms with Crippen molar-refractivity contribution in [1.82, 2.24) is 0 Å². The molecule has 0 spiro atoms. The average molecular weight is 201 g/mol. The molecule has 5 heteroatoms. The van der Waals surface area contributed by atoms with Gasteiger partial charge in [-0.05, 0) is 5.56 Å². The fourth-order valence-electron chi connectivity index (χ4n) is 1.02. The van der Waals surface area contributed by atoms with E-state index in [1.165, 1.54) is 6.07 Å². The average Bonchev–Trinajstić information content (AvgIpc) is 2.16. The third-order valence-electron chi connectivity index (χ3n) is 1.73. The lowest BCUT2D eigenvalue weighted by Crippen LogP contribution is -1.99. The number of rotatable bonds is 3. The highest BCUT2D eigenvalue weighted by Gasteiger charge is 2.12. The van der Waals surface area contributed by atoms with Gasteiger partial charge >= 0.3 is 0 Å². The Kier molecular flexibility index (Phi) is 3.22. The summed E-state index contributed by atoms with van der Waals surface area (Å²) in [5, 5.41) is 10.6. The smallest absolute Gasteiger partial charge is 0.274 e. The Morgan fingerprint density at radius 2 is 2.23 bits per heavy atom. The maximum atomic E-state index is 10.6. The number of nitrogens with zero attached hydrogens (tertiary/aromatic N) is 1. The zero-order valence-electron chi connectivity index (χ0n) is 6.87. The summed E-state index contributed by atoms with van der Waals surface area (Å²) >= 11 is 5.54. The maximum Gasteiger partial charge on any atom is 0.274 e. The number of hydrogen-bond donors (Lipinski definition) is 1. The summed E-state index contributed by atoms with van der Waals surface area (Å²) in [5.74, 6) is 0.140. The molecular weight excluding hydrogens is 192 g/mol. The molecule has 0 radical (unpaired) electrons. The fourth-order valence-corrected chi connectivity index (χ4v) is 1.25. The fraction of sp³-hybridized carbons (Fsp3) is 0.250. The maximum absolute atomic E-state index is 10.6. The quantitative estimate of drug-likeness (QED) is 0.460. The zero-order valence-corrected chi connectivity index (χ0v) is 7.62. The van der Waals surface area contributed by atoms with Gasteiger partial charge in [-0.2, -0.15) is 0 Å². The van der Waals surface area contributed by atoms with Crippen LogP contribution in [0.1, 0.15) is 11.1 Å². The highest BCUT2D eigenvalue weighted by atomic mass is 35.5. The van der Waals surface area contributed by atoms with Crippen LogP contribution in [0, 0.1) is 10.1 Å². The molecule has 1 rings (SSSR count). The molecule has 2 N–H and O–H groups in total. The zero-order chi connectivity index (χ0) is 9.84. The van der Waals surface area contributed by atoms with Gasteiger partial charge in [0.05, 0.1) is 10.8 Å². The van der Waals surface area contributed by atoms with Gasteiger partial charge in [-0.3, -0.25) is 10.1 Å². The number of hydrogen-bond acceptors (Lipinski definition) is 3. The van der Waals surface area contributed by atoms with Gasteiger partial charge in [0, 0.05) is 18.2 Å². The van der Waals surface area contributed by atoms with E-state index in [-0.39, 0.29) is 11.6 Å². The van der Waals surface area contributed by atoms with E-state index in [9.17, 15) is 10.1 Å². The van der Waals surface area contributed by atoms with Gasteiger partial charge in [-0.15, -0.1) is 11.6 Å². The first kappa shape index (κ1) is 9.95. The van der Waals surface area contributed by atoms with E-state index in [1.54, 1.807) is 12.1 Å². The second kappa shape index (κ2) is 4.20. The van der Waals surface area contributed by atoms with E-state index < -0.39 is 4.92 Å². The minimum Gasteiger partial charge on any atom is -0.326 e. The molecule has 0 amide bonds. The first-order valence-corrected chi connectivity index (χ1v) is 4.24. The first-order valence-electron chi connectivity index (χ1n) is 3.71. The summed E-state index contributed by atoms with van der Waals surface area (Å²) in [6.07, 6.45) is 0. The van der Waals surface area contributed by atoms with Crippen molar-refractivity contribution >= 4 is 17.3 Å². The van der Waals surface area contributed by atoms with Crippen LogP contribution in [-0.4, -0.2) is 4.92 Å². The highest BCUT2D eigenvalue weighted by Crippen LogP contribution is 2.21. The summed E-state index contributed by atoms with van der Waals surface area (Å²) in [7, 11) is 0. The van der Waals surface area contributed by atoms with E-state index >= 15 is 0 Å². The summed E-state index contributed by atoms with van der Waals surface area (Å²) < 4.78 is 0. The predicted octanol–water partition coefficient (Wildman–Crippen LogP) is 1.79. The largest absolute Gasteiger partial charge is 0.326 e. The molecule has 1 aromatic carbocycles. The predicted molar refractivity (Wildman–Crippen MR) is 50.5 cm³/mol.